The monoisotopic (exact) mass is 376 g/mol. The molecule has 152 valence electrons. The van der Waals surface area contributed by atoms with Crippen LogP contribution in [0.2, 0.25) is 0 Å². The molecule has 3 atom stereocenters. The molecule has 0 aromatic heterocycles. The Bertz CT molecular complexity index is 260. The van der Waals surface area contributed by atoms with E-state index < -0.39 is 8.60 Å². The molecule has 0 heterocycles. The Balaban J connectivity index is 5.17. The van der Waals surface area contributed by atoms with Crippen molar-refractivity contribution in [3.63, 3.8) is 0 Å². The van der Waals surface area contributed by atoms with Crippen LogP contribution in [0.5, 0.6) is 0 Å². The van der Waals surface area contributed by atoms with Gasteiger partial charge in [0.15, 0.2) is 0 Å². The Labute approximate surface area is 159 Å². The molecule has 0 aromatic carbocycles. The van der Waals surface area contributed by atoms with Gasteiger partial charge in [-0.05, 0) is 37.0 Å². The highest BCUT2D eigenvalue weighted by Crippen LogP contribution is 2.48. The molecular weight excluding hydrogens is 331 g/mol. The molecule has 0 aromatic rings. The predicted octanol–water partition coefficient (Wildman–Crippen LogP) is 7.74. The lowest BCUT2D eigenvalue weighted by Gasteiger charge is -2.33. The van der Waals surface area contributed by atoms with Gasteiger partial charge in [0.1, 0.15) is 0 Å². The third-order valence-corrected chi connectivity index (χ3v) is 5.94. The molecule has 0 bridgehead atoms. The third kappa shape index (κ3) is 10.9. The van der Waals surface area contributed by atoms with Crippen LogP contribution in [0.15, 0.2) is 0 Å². The predicted molar refractivity (Wildman–Crippen MR) is 111 cm³/mol. The van der Waals surface area contributed by atoms with Crippen molar-refractivity contribution >= 4 is 8.60 Å². The largest absolute Gasteiger partial charge is 0.333 e. The van der Waals surface area contributed by atoms with Gasteiger partial charge in [-0.15, -0.1) is 0 Å². The highest BCUT2D eigenvalue weighted by atomic mass is 31.2. The summed E-state index contributed by atoms with van der Waals surface area (Å²) in [6, 6.07) is 0. The number of hydrogen-bond donors (Lipinski definition) is 0. The van der Waals surface area contributed by atoms with E-state index >= 15 is 0 Å². The van der Waals surface area contributed by atoms with Gasteiger partial charge in [0.05, 0.1) is 18.3 Å². The van der Waals surface area contributed by atoms with E-state index in [1.54, 1.807) is 0 Å². The standard InChI is InChI=1S/C21H45O3P/c1-10-13-19(16(4)5)22-25(23-20(14-11-2)17(6)7)24-21(15-12-3)18(8)9/h16-21H,10-15H2,1-9H3. The van der Waals surface area contributed by atoms with Gasteiger partial charge >= 0.3 is 8.60 Å². The summed E-state index contributed by atoms with van der Waals surface area (Å²) in [5.74, 6) is 1.43. The molecule has 0 aliphatic rings. The van der Waals surface area contributed by atoms with E-state index in [-0.39, 0.29) is 18.3 Å². The van der Waals surface area contributed by atoms with Crippen molar-refractivity contribution in [2.75, 3.05) is 0 Å². The van der Waals surface area contributed by atoms with Crippen LogP contribution in [0, 0.1) is 17.8 Å². The average Bonchev–Trinajstić information content (AvgIpc) is 2.52. The van der Waals surface area contributed by atoms with Gasteiger partial charge in [-0.25, -0.2) is 0 Å². The first-order chi connectivity index (χ1) is 11.8. The van der Waals surface area contributed by atoms with Crippen LogP contribution >= 0.6 is 8.60 Å². The van der Waals surface area contributed by atoms with E-state index in [1.807, 2.05) is 0 Å². The minimum atomic E-state index is -1.31. The van der Waals surface area contributed by atoms with Gasteiger partial charge in [0, 0.05) is 0 Å². The molecule has 0 fully saturated rings. The summed E-state index contributed by atoms with van der Waals surface area (Å²) in [6.45, 7) is 20.0. The summed E-state index contributed by atoms with van der Waals surface area (Å²) in [4.78, 5) is 0. The van der Waals surface area contributed by atoms with Gasteiger partial charge in [-0.3, -0.25) is 0 Å². The minimum absolute atomic E-state index is 0.208. The summed E-state index contributed by atoms with van der Waals surface area (Å²) in [5.41, 5.74) is 0. The van der Waals surface area contributed by atoms with Crippen molar-refractivity contribution in [3.8, 4) is 0 Å². The summed E-state index contributed by atoms with van der Waals surface area (Å²) in [6.07, 6.45) is 7.17. The Morgan fingerprint density at radius 3 is 0.920 bits per heavy atom. The smallest absolute Gasteiger partial charge is 0.309 e. The molecule has 4 heteroatoms. The highest BCUT2D eigenvalue weighted by molar-refractivity contribution is 7.41. The molecular formula is C21H45O3P. The molecule has 0 saturated carbocycles. The number of rotatable bonds is 15. The van der Waals surface area contributed by atoms with Crippen molar-refractivity contribution < 1.29 is 13.6 Å². The van der Waals surface area contributed by atoms with Crippen molar-refractivity contribution in [3.05, 3.63) is 0 Å². The maximum absolute atomic E-state index is 6.43. The zero-order valence-corrected chi connectivity index (χ0v) is 19.3. The molecule has 0 amide bonds. The first-order valence-corrected chi connectivity index (χ1v) is 11.7. The molecule has 0 aliphatic carbocycles. The van der Waals surface area contributed by atoms with Crippen molar-refractivity contribution in [1.29, 1.82) is 0 Å². The zero-order chi connectivity index (χ0) is 19.4. The number of hydrogen-bond acceptors (Lipinski definition) is 3. The van der Waals surface area contributed by atoms with E-state index in [2.05, 4.69) is 62.3 Å². The SMILES string of the molecule is CCCC(OP(OC(CCC)C(C)C)OC(CCC)C(C)C)C(C)C. The molecule has 0 N–H and O–H groups in total. The van der Waals surface area contributed by atoms with Crippen LogP contribution in [0.25, 0.3) is 0 Å². The molecule has 0 rings (SSSR count). The van der Waals surface area contributed by atoms with Gasteiger partial charge in [0.2, 0.25) is 0 Å². The Morgan fingerprint density at radius 1 is 0.520 bits per heavy atom. The van der Waals surface area contributed by atoms with Gasteiger partial charge in [-0.2, -0.15) is 0 Å². The first kappa shape index (κ1) is 25.3. The molecule has 0 spiro atoms. The summed E-state index contributed by atoms with van der Waals surface area (Å²) >= 11 is 0. The Hall–Kier alpha value is 0.310. The van der Waals surface area contributed by atoms with Crippen LogP contribution in [0.1, 0.15) is 101 Å². The van der Waals surface area contributed by atoms with Crippen molar-refractivity contribution in [1.82, 2.24) is 0 Å². The van der Waals surface area contributed by atoms with Crippen LogP contribution in [-0.4, -0.2) is 18.3 Å². The topological polar surface area (TPSA) is 27.7 Å². The van der Waals surface area contributed by atoms with E-state index in [0.717, 1.165) is 38.5 Å². The molecule has 3 unspecified atom stereocenters. The van der Waals surface area contributed by atoms with E-state index in [1.165, 1.54) is 0 Å². The fraction of sp³-hybridized carbons (Fsp3) is 1.00. The first-order valence-electron chi connectivity index (χ1n) is 10.6. The van der Waals surface area contributed by atoms with E-state index in [9.17, 15) is 0 Å². The fourth-order valence-electron chi connectivity index (χ4n) is 2.78. The second kappa shape index (κ2) is 14.4. The zero-order valence-electron chi connectivity index (χ0n) is 18.4. The molecule has 3 nitrogen and oxygen atoms in total. The van der Waals surface area contributed by atoms with Crippen LogP contribution in [0.4, 0.5) is 0 Å². The van der Waals surface area contributed by atoms with E-state index in [4.69, 9.17) is 13.6 Å². The lowest BCUT2D eigenvalue weighted by molar-refractivity contribution is 0.0220. The maximum Gasteiger partial charge on any atom is 0.333 e. The average molecular weight is 377 g/mol. The van der Waals surface area contributed by atoms with Gasteiger partial charge < -0.3 is 13.6 Å². The Kier molecular flexibility index (Phi) is 14.6. The summed E-state index contributed by atoms with van der Waals surface area (Å²) < 4.78 is 19.3. The summed E-state index contributed by atoms with van der Waals surface area (Å²) in [7, 11) is -1.31. The molecule has 0 saturated heterocycles. The van der Waals surface area contributed by atoms with Crippen LogP contribution < -0.4 is 0 Å². The summed E-state index contributed by atoms with van der Waals surface area (Å²) in [5, 5.41) is 0. The molecule has 0 aliphatic heterocycles. The normalized spacial score (nSPS) is 17.3. The second-order valence-electron chi connectivity index (χ2n) is 8.25. The minimum Gasteiger partial charge on any atom is -0.309 e. The van der Waals surface area contributed by atoms with Gasteiger partial charge in [-0.1, -0.05) is 81.6 Å². The quantitative estimate of drug-likeness (QED) is 0.274. The van der Waals surface area contributed by atoms with Crippen LogP contribution in [-0.2, 0) is 13.6 Å². The third-order valence-electron chi connectivity index (χ3n) is 4.61. The Morgan fingerprint density at radius 2 is 0.760 bits per heavy atom. The lowest BCUT2D eigenvalue weighted by Crippen LogP contribution is -2.25. The van der Waals surface area contributed by atoms with Crippen LogP contribution in [0.3, 0.4) is 0 Å². The van der Waals surface area contributed by atoms with Crippen molar-refractivity contribution in [2.45, 2.75) is 119 Å². The van der Waals surface area contributed by atoms with Crippen molar-refractivity contribution in [2.24, 2.45) is 17.8 Å². The second-order valence-corrected chi connectivity index (χ2v) is 9.33. The van der Waals surface area contributed by atoms with E-state index in [0.29, 0.717) is 17.8 Å². The molecule has 25 heavy (non-hydrogen) atoms. The highest BCUT2D eigenvalue weighted by Gasteiger charge is 2.29. The molecule has 0 radical (unpaired) electrons. The maximum atomic E-state index is 6.43. The lowest BCUT2D eigenvalue weighted by atomic mass is 10.0. The fourth-order valence-corrected chi connectivity index (χ4v) is 4.64. The van der Waals surface area contributed by atoms with Gasteiger partial charge in [0.25, 0.3) is 0 Å².